The third kappa shape index (κ3) is 1.03. The van der Waals surface area contributed by atoms with Crippen LogP contribution in [-0.2, 0) is 0 Å². The molecule has 1 aliphatic rings. The molecule has 0 atom stereocenters. The number of anilines is 2. The van der Waals surface area contributed by atoms with Gasteiger partial charge < -0.3 is 10.1 Å². The second-order valence-corrected chi connectivity index (χ2v) is 3.10. The number of fused-ring (bicyclic) bond motifs is 2. The van der Waals surface area contributed by atoms with Gasteiger partial charge in [-0.15, -0.1) is 0 Å². The van der Waals surface area contributed by atoms with E-state index in [0.717, 1.165) is 22.9 Å². The van der Waals surface area contributed by atoms with Crippen molar-refractivity contribution in [1.29, 1.82) is 0 Å². The topological polar surface area (TPSA) is 34.2 Å². The molecule has 0 unspecified atom stereocenters. The Balaban J connectivity index is 2.12. The van der Waals surface area contributed by atoms with Crippen LogP contribution >= 0.6 is 0 Å². The van der Waals surface area contributed by atoms with E-state index >= 15 is 0 Å². The van der Waals surface area contributed by atoms with Gasteiger partial charge in [0.2, 0.25) is 0 Å². The molecule has 2 aromatic rings. The quantitative estimate of drug-likeness (QED) is 0.583. The lowest BCUT2D eigenvalue weighted by Gasteiger charge is -2.20. The lowest BCUT2D eigenvalue weighted by Crippen LogP contribution is -2.02. The molecular weight excluding hydrogens is 176 g/mol. The van der Waals surface area contributed by atoms with Gasteiger partial charge in [0.05, 0.1) is 11.9 Å². The zero-order chi connectivity index (χ0) is 9.38. The molecule has 3 heteroatoms. The van der Waals surface area contributed by atoms with E-state index in [1.807, 2.05) is 30.3 Å². The molecule has 3 nitrogen and oxygen atoms in total. The summed E-state index contributed by atoms with van der Waals surface area (Å²) in [5.74, 6) is 1.67. The molecule has 1 aromatic carbocycles. The average Bonchev–Trinajstić information content (AvgIpc) is 2.26. The summed E-state index contributed by atoms with van der Waals surface area (Å²) in [4.78, 5) is 4.03. The molecular formula is C11H8N2O. The standard InChI is InChI=1S/C11H8N2O/c1-2-4-10-8(3-1)13-9-7-12-6-5-11(9)14-10/h1-7,13H. The summed E-state index contributed by atoms with van der Waals surface area (Å²) < 4.78 is 5.67. The first-order valence-electron chi connectivity index (χ1n) is 4.41. The molecule has 14 heavy (non-hydrogen) atoms. The number of benzene rings is 1. The third-order valence-electron chi connectivity index (χ3n) is 2.16. The van der Waals surface area contributed by atoms with Crippen molar-refractivity contribution in [2.75, 3.05) is 5.32 Å². The zero-order valence-corrected chi connectivity index (χ0v) is 7.40. The van der Waals surface area contributed by atoms with Crippen LogP contribution in [0.4, 0.5) is 11.4 Å². The number of hydrogen-bond donors (Lipinski definition) is 1. The van der Waals surface area contributed by atoms with Gasteiger partial charge in [0.15, 0.2) is 11.5 Å². The maximum absolute atomic E-state index is 5.67. The Morgan fingerprint density at radius 2 is 1.86 bits per heavy atom. The lowest BCUT2D eigenvalue weighted by atomic mass is 10.2. The first-order chi connectivity index (χ1) is 6.93. The van der Waals surface area contributed by atoms with Gasteiger partial charge in [0.25, 0.3) is 0 Å². The number of nitrogens with one attached hydrogen (secondary N) is 1. The molecule has 0 saturated heterocycles. The van der Waals surface area contributed by atoms with E-state index in [4.69, 9.17) is 4.74 Å². The van der Waals surface area contributed by atoms with Gasteiger partial charge >= 0.3 is 0 Å². The molecule has 0 radical (unpaired) electrons. The fourth-order valence-corrected chi connectivity index (χ4v) is 1.49. The molecule has 68 valence electrons. The predicted octanol–water partition coefficient (Wildman–Crippen LogP) is 2.93. The van der Waals surface area contributed by atoms with E-state index in [1.165, 1.54) is 0 Å². The summed E-state index contributed by atoms with van der Waals surface area (Å²) in [5, 5.41) is 3.25. The van der Waals surface area contributed by atoms with Crippen molar-refractivity contribution >= 4 is 11.4 Å². The van der Waals surface area contributed by atoms with Gasteiger partial charge in [-0.25, -0.2) is 0 Å². The molecule has 0 fully saturated rings. The highest BCUT2D eigenvalue weighted by Crippen LogP contribution is 2.40. The number of pyridine rings is 1. The highest BCUT2D eigenvalue weighted by Gasteiger charge is 2.14. The molecule has 1 aliphatic heterocycles. The van der Waals surface area contributed by atoms with Crippen molar-refractivity contribution in [2.45, 2.75) is 0 Å². The van der Waals surface area contributed by atoms with Crippen molar-refractivity contribution in [3.8, 4) is 11.5 Å². The minimum Gasteiger partial charge on any atom is -0.453 e. The van der Waals surface area contributed by atoms with Gasteiger partial charge in [0, 0.05) is 12.3 Å². The van der Waals surface area contributed by atoms with E-state index in [-0.39, 0.29) is 0 Å². The predicted molar refractivity (Wildman–Crippen MR) is 54.0 cm³/mol. The van der Waals surface area contributed by atoms with E-state index in [9.17, 15) is 0 Å². The van der Waals surface area contributed by atoms with Crippen LogP contribution in [0.3, 0.4) is 0 Å². The monoisotopic (exact) mass is 184 g/mol. The van der Waals surface area contributed by atoms with Crippen LogP contribution in [0.2, 0.25) is 0 Å². The SMILES string of the molecule is c1ccc2c(c1)Nc1cnccc1O2. The molecule has 1 N–H and O–H groups in total. The highest BCUT2D eigenvalue weighted by atomic mass is 16.5. The Morgan fingerprint density at radius 1 is 1.00 bits per heavy atom. The minimum absolute atomic E-state index is 0.818. The zero-order valence-electron chi connectivity index (χ0n) is 7.40. The molecule has 0 saturated carbocycles. The first-order valence-corrected chi connectivity index (χ1v) is 4.41. The van der Waals surface area contributed by atoms with Crippen molar-refractivity contribution in [2.24, 2.45) is 0 Å². The van der Waals surface area contributed by atoms with Crippen LogP contribution in [0, 0.1) is 0 Å². The van der Waals surface area contributed by atoms with Gasteiger partial charge in [-0.05, 0) is 12.1 Å². The maximum atomic E-state index is 5.67. The summed E-state index contributed by atoms with van der Waals surface area (Å²) in [6.07, 6.45) is 3.47. The molecule has 0 amide bonds. The van der Waals surface area contributed by atoms with Crippen molar-refractivity contribution in [3.05, 3.63) is 42.7 Å². The summed E-state index contributed by atoms with van der Waals surface area (Å²) in [6.45, 7) is 0. The van der Waals surface area contributed by atoms with E-state index < -0.39 is 0 Å². The summed E-state index contributed by atoms with van der Waals surface area (Å²) in [5.41, 5.74) is 1.89. The fraction of sp³-hybridized carbons (Fsp3) is 0. The van der Waals surface area contributed by atoms with Gasteiger partial charge in [-0.3, -0.25) is 4.98 Å². The second-order valence-electron chi connectivity index (χ2n) is 3.10. The van der Waals surface area contributed by atoms with Crippen molar-refractivity contribution < 1.29 is 4.74 Å². The molecule has 0 aliphatic carbocycles. The Hall–Kier alpha value is -2.03. The summed E-state index contributed by atoms with van der Waals surface area (Å²) in [6, 6.07) is 9.68. The summed E-state index contributed by atoms with van der Waals surface area (Å²) >= 11 is 0. The number of aromatic nitrogens is 1. The smallest absolute Gasteiger partial charge is 0.154 e. The Labute approximate surface area is 81.4 Å². The number of hydrogen-bond acceptors (Lipinski definition) is 3. The molecule has 0 bridgehead atoms. The number of ether oxygens (including phenoxy) is 1. The molecule has 1 aromatic heterocycles. The largest absolute Gasteiger partial charge is 0.453 e. The number of para-hydroxylation sites is 2. The lowest BCUT2D eigenvalue weighted by molar-refractivity contribution is 0.480. The number of rotatable bonds is 0. The van der Waals surface area contributed by atoms with Crippen molar-refractivity contribution in [1.82, 2.24) is 4.98 Å². The van der Waals surface area contributed by atoms with Gasteiger partial charge in [-0.2, -0.15) is 0 Å². The molecule has 0 spiro atoms. The fourth-order valence-electron chi connectivity index (χ4n) is 1.49. The third-order valence-corrected chi connectivity index (χ3v) is 2.16. The second kappa shape index (κ2) is 2.73. The van der Waals surface area contributed by atoms with Crippen LogP contribution in [0.15, 0.2) is 42.7 Å². The molecule has 2 heterocycles. The Bertz CT molecular complexity index is 395. The Morgan fingerprint density at radius 3 is 2.86 bits per heavy atom. The van der Waals surface area contributed by atoms with E-state index in [0.29, 0.717) is 0 Å². The van der Waals surface area contributed by atoms with Gasteiger partial charge in [0.1, 0.15) is 5.69 Å². The maximum Gasteiger partial charge on any atom is 0.154 e. The Kier molecular flexibility index (Phi) is 1.44. The van der Waals surface area contributed by atoms with Crippen molar-refractivity contribution in [3.63, 3.8) is 0 Å². The average molecular weight is 184 g/mol. The number of nitrogens with zero attached hydrogens (tertiary/aromatic N) is 1. The normalized spacial score (nSPS) is 12.0. The highest BCUT2D eigenvalue weighted by molar-refractivity contribution is 5.74. The van der Waals surface area contributed by atoms with Crippen LogP contribution in [0.1, 0.15) is 0 Å². The van der Waals surface area contributed by atoms with E-state index in [2.05, 4.69) is 10.3 Å². The van der Waals surface area contributed by atoms with Gasteiger partial charge in [-0.1, -0.05) is 12.1 Å². The minimum atomic E-state index is 0.818. The summed E-state index contributed by atoms with van der Waals surface area (Å²) in [7, 11) is 0. The first kappa shape index (κ1) is 7.38. The van der Waals surface area contributed by atoms with Crippen LogP contribution in [0.25, 0.3) is 0 Å². The van der Waals surface area contributed by atoms with Crippen LogP contribution < -0.4 is 10.1 Å². The molecule has 3 rings (SSSR count). The van der Waals surface area contributed by atoms with E-state index in [1.54, 1.807) is 12.4 Å². The van der Waals surface area contributed by atoms with Crippen LogP contribution in [0.5, 0.6) is 11.5 Å². The van der Waals surface area contributed by atoms with Crippen LogP contribution in [-0.4, -0.2) is 4.98 Å².